The average molecular weight is 805 g/mol. The minimum absolute atomic E-state index is 0.00192. The maximum Gasteiger partial charge on any atom is 0.316 e. The van der Waals surface area contributed by atoms with E-state index in [9.17, 15) is 19.2 Å². The SMILES string of the molecule is CCC(C)(C)C(=O)OCC1CO1.CCC(C)(C)C(=O)Oc1ccc(O)cc1.CCC(C)C(=O)OC1CC2CCC1(C)C2(C)C.CCC1COCC1(CC)C(=O)OC. The van der Waals surface area contributed by atoms with Crippen molar-refractivity contribution in [2.45, 2.75) is 154 Å². The van der Waals surface area contributed by atoms with Gasteiger partial charge in [0.2, 0.25) is 0 Å². The van der Waals surface area contributed by atoms with E-state index in [4.69, 9.17) is 33.5 Å². The third kappa shape index (κ3) is 12.7. The number of phenols is 1. The van der Waals surface area contributed by atoms with Crippen LogP contribution in [0.5, 0.6) is 11.5 Å². The fourth-order valence-corrected chi connectivity index (χ4v) is 7.44. The molecule has 2 heterocycles. The molecule has 0 amide bonds. The molecule has 0 spiro atoms. The molecule has 4 aliphatic rings. The zero-order chi connectivity index (χ0) is 43.4. The van der Waals surface area contributed by atoms with Crippen LogP contribution < -0.4 is 4.74 Å². The van der Waals surface area contributed by atoms with Gasteiger partial charge in [-0.25, -0.2) is 0 Å². The summed E-state index contributed by atoms with van der Waals surface area (Å²) in [5, 5.41) is 9.06. The quantitative estimate of drug-likeness (QED) is 0.0880. The maximum absolute atomic E-state index is 11.9. The summed E-state index contributed by atoms with van der Waals surface area (Å²) in [5.41, 5.74) is -0.676. The molecule has 2 aliphatic heterocycles. The van der Waals surface area contributed by atoms with Crippen molar-refractivity contribution >= 4 is 23.9 Å². The summed E-state index contributed by atoms with van der Waals surface area (Å²) in [6, 6.07) is 6.11. The Kier molecular flexibility index (Phi) is 18.6. The lowest BCUT2D eigenvalue weighted by Crippen LogP contribution is -2.39. The van der Waals surface area contributed by atoms with Crippen LogP contribution in [-0.4, -0.2) is 74.7 Å². The van der Waals surface area contributed by atoms with E-state index in [1.807, 2.05) is 62.3 Å². The second kappa shape index (κ2) is 21.2. The number of rotatable bonds is 13. The van der Waals surface area contributed by atoms with Gasteiger partial charge in [-0.1, -0.05) is 62.3 Å². The highest BCUT2D eigenvalue weighted by Crippen LogP contribution is 2.66. The Balaban J connectivity index is 0.000000265. The van der Waals surface area contributed by atoms with Crippen LogP contribution >= 0.6 is 0 Å². The van der Waals surface area contributed by atoms with E-state index in [1.165, 1.54) is 32.1 Å². The number of benzene rings is 1. The highest BCUT2D eigenvalue weighted by Gasteiger charge is 2.63. The number of phenolic OH excluding ortho intramolecular Hbond substituents is 1. The molecule has 1 aromatic carbocycles. The zero-order valence-corrected chi connectivity index (χ0v) is 37.7. The Hall–Kier alpha value is -3.18. The number of carbonyl (C=O) groups is 4. The van der Waals surface area contributed by atoms with Gasteiger partial charge < -0.3 is 33.5 Å². The van der Waals surface area contributed by atoms with Crippen molar-refractivity contribution < 1.29 is 52.7 Å². The molecule has 57 heavy (non-hydrogen) atoms. The Morgan fingerprint density at radius 2 is 1.49 bits per heavy atom. The smallest absolute Gasteiger partial charge is 0.316 e. The molecule has 4 fully saturated rings. The van der Waals surface area contributed by atoms with Crippen LogP contribution in [0.4, 0.5) is 0 Å². The van der Waals surface area contributed by atoms with Crippen molar-refractivity contribution in [1.82, 2.24) is 0 Å². The fraction of sp³-hybridized carbons (Fsp3) is 0.783. The number of methoxy groups -OCH3 is 1. The minimum atomic E-state index is -0.474. The van der Waals surface area contributed by atoms with Gasteiger partial charge in [-0.2, -0.15) is 0 Å². The van der Waals surface area contributed by atoms with E-state index in [1.54, 1.807) is 12.1 Å². The summed E-state index contributed by atoms with van der Waals surface area (Å²) >= 11 is 0. The van der Waals surface area contributed by atoms with Crippen molar-refractivity contribution in [1.29, 1.82) is 0 Å². The van der Waals surface area contributed by atoms with Gasteiger partial charge in [-0.3, -0.25) is 19.2 Å². The van der Waals surface area contributed by atoms with Crippen LogP contribution in [0.1, 0.15) is 141 Å². The number of aromatic hydroxyl groups is 1. The molecule has 2 bridgehead atoms. The van der Waals surface area contributed by atoms with Crippen LogP contribution in [0.3, 0.4) is 0 Å². The van der Waals surface area contributed by atoms with Crippen molar-refractivity contribution in [3.8, 4) is 11.5 Å². The van der Waals surface area contributed by atoms with Gasteiger partial charge in [0.25, 0.3) is 0 Å². The molecule has 11 heteroatoms. The standard InChI is InChI=1S/C15H26O2.C12H16O3.C10H18O3.C9H16O3/c1-6-10(2)13(16)17-12-9-11-7-8-15(12,5)14(11,3)4;1-4-12(2,3)11(14)15-10-7-5-9(13)6-8-10;1-4-8-6-13-7-10(8,5-2)9(11)12-3;1-4-9(2,3)8(10)12-6-7-5-11-7/h10-12H,6-9H2,1-5H3;5-8,13H,4H2,1-3H3;8H,4-7H2,1-3H3;7H,4-6H2,1-3H3. The van der Waals surface area contributed by atoms with Crippen LogP contribution in [0.15, 0.2) is 24.3 Å². The van der Waals surface area contributed by atoms with Gasteiger partial charge in [-0.05, 0) is 115 Å². The molecule has 2 saturated carbocycles. The first kappa shape index (κ1) is 50.0. The van der Waals surface area contributed by atoms with E-state index < -0.39 is 5.41 Å². The average Bonchev–Trinajstić information content (AvgIpc) is 3.84. The molecule has 7 atom stereocenters. The van der Waals surface area contributed by atoms with Crippen LogP contribution in [0, 0.1) is 44.8 Å². The van der Waals surface area contributed by atoms with E-state index in [-0.39, 0.29) is 64.0 Å². The summed E-state index contributed by atoms with van der Waals surface area (Å²) in [6.07, 6.45) is 8.09. The number of esters is 4. The van der Waals surface area contributed by atoms with E-state index in [2.05, 4.69) is 27.7 Å². The maximum atomic E-state index is 11.9. The van der Waals surface area contributed by atoms with Crippen LogP contribution in [0.2, 0.25) is 0 Å². The molecule has 1 N–H and O–H groups in total. The fourth-order valence-electron chi connectivity index (χ4n) is 7.44. The van der Waals surface area contributed by atoms with Gasteiger partial charge in [0, 0.05) is 11.3 Å². The first-order valence-corrected chi connectivity index (χ1v) is 21.2. The molecule has 11 nitrogen and oxygen atoms in total. The summed E-state index contributed by atoms with van der Waals surface area (Å²) in [7, 11) is 1.45. The van der Waals surface area contributed by atoms with Crippen LogP contribution in [0.25, 0.3) is 0 Å². The molecular weight excluding hydrogens is 728 g/mol. The van der Waals surface area contributed by atoms with Gasteiger partial charge >= 0.3 is 23.9 Å². The molecule has 2 aliphatic carbocycles. The number of hydrogen-bond donors (Lipinski definition) is 1. The van der Waals surface area contributed by atoms with Crippen molar-refractivity contribution in [2.75, 3.05) is 33.5 Å². The predicted octanol–water partition coefficient (Wildman–Crippen LogP) is 9.50. The summed E-state index contributed by atoms with van der Waals surface area (Å²) in [5.74, 6) is 1.23. The van der Waals surface area contributed by atoms with Gasteiger partial charge in [0.05, 0.1) is 49.1 Å². The highest BCUT2D eigenvalue weighted by atomic mass is 16.6. The minimum Gasteiger partial charge on any atom is -0.508 e. The van der Waals surface area contributed by atoms with E-state index in [0.717, 1.165) is 51.0 Å². The summed E-state index contributed by atoms with van der Waals surface area (Å²) in [4.78, 5) is 46.6. The van der Waals surface area contributed by atoms with E-state index in [0.29, 0.717) is 36.9 Å². The molecule has 2 saturated heterocycles. The van der Waals surface area contributed by atoms with Gasteiger partial charge in [0.1, 0.15) is 30.3 Å². The summed E-state index contributed by atoms with van der Waals surface area (Å²) in [6.45, 7) is 28.9. The number of carbonyl (C=O) groups excluding carboxylic acids is 4. The zero-order valence-electron chi connectivity index (χ0n) is 37.7. The Morgan fingerprint density at radius 1 is 0.912 bits per heavy atom. The van der Waals surface area contributed by atoms with Crippen molar-refractivity contribution in [3.05, 3.63) is 24.3 Å². The second-order valence-corrected chi connectivity index (χ2v) is 18.4. The normalized spacial score (nSPS) is 27.2. The number of hydrogen-bond acceptors (Lipinski definition) is 11. The molecular formula is C46H76O11. The molecule has 0 aromatic heterocycles. The highest BCUT2D eigenvalue weighted by molar-refractivity contribution is 5.78. The van der Waals surface area contributed by atoms with E-state index >= 15 is 0 Å². The monoisotopic (exact) mass is 805 g/mol. The summed E-state index contributed by atoms with van der Waals surface area (Å²) < 4.78 is 31.2. The predicted molar refractivity (Wildman–Crippen MR) is 220 cm³/mol. The molecule has 326 valence electrons. The Bertz CT molecular complexity index is 1450. The van der Waals surface area contributed by atoms with Crippen molar-refractivity contribution in [2.24, 2.45) is 44.8 Å². The number of epoxide rings is 1. The molecule has 0 radical (unpaired) electrons. The Morgan fingerprint density at radius 3 is 1.93 bits per heavy atom. The lowest BCUT2D eigenvalue weighted by atomic mass is 9.70. The molecule has 1 aromatic rings. The number of ether oxygens (including phenoxy) is 6. The molecule has 5 rings (SSSR count). The lowest BCUT2D eigenvalue weighted by Gasteiger charge is -2.38. The third-order valence-electron chi connectivity index (χ3n) is 13.9. The first-order chi connectivity index (χ1) is 26.5. The van der Waals surface area contributed by atoms with Crippen molar-refractivity contribution in [3.63, 3.8) is 0 Å². The Labute approximate surface area is 343 Å². The van der Waals surface area contributed by atoms with Crippen LogP contribution in [-0.2, 0) is 42.9 Å². The topological polar surface area (TPSA) is 147 Å². The van der Waals surface area contributed by atoms with Gasteiger partial charge in [0.15, 0.2) is 0 Å². The third-order valence-corrected chi connectivity index (χ3v) is 13.9. The lowest BCUT2D eigenvalue weighted by molar-refractivity contribution is -0.161. The molecule has 7 unspecified atom stereocenters. The number of fused-ring (bicyclic) bond motifs is 2. The largest absolute Gasteiger partial charge is 0.508 e. The second-order valence-electron chi connectivity index (χ2n) is 18.4. The van der Waals surface area contributed by atoms with Gasteiger partial charge in [-0.15, -0.1) is 0 Å². The first-order valence-electron chi connectivity index (χ1n) is 21.2.